The normalized spacial score (nSPS) is 26.9. The summed E-state index contributed by atoms with van der Waals surface area (Å²) in [5, 5.41) is 1.80. The van der Waals surface area contributed by atoms with Crippen molar-refractivity contribution in [3.8, 4) is 0 Å². The first-order valence-electron chi connectivity index (χ1n) is 13.6. The molecule has 0 unspecified atom stereocenters. The van der Waals surface area contributed by atoms with Gasteiger partial charge in [-0.05, 0) is 28.3 Å². The maximum Gasteiger partial charge on any atom is 0.331 e. The molecule has 4 rings (SSSR count). The van der Waals surface area contributed by atoms with Gasteiger partial charge < -0.3 is 18.6 Å². The van der Waals surface area contributed by atoms with Crippen molar-refractivity contribution in [2.75, 3.05) is 13.7 Å². The molecule has 0 radical (unpaired) electrons. The van der Waals surface area contributed by atoms with Crippen LogP contribution in [0.1, 0.15) is 54.4 Å². The number of carbonyl (C=O) groups excluding carboxylic acids is 3. The number of ether oxygens (including phenoxy) is 3. The lowest BCUT2D eigenvalue weighted by Gasteiger charge is -2.43. The molecule has 0 aliphatic carbocycles. The number of methoxy groups -OCH3 is 1. The molecule has 2 aromatic carbocycles. The summed E-state index contributed by atoms with van der Waals surface area (Å²) in [6.07, 6.45) is -0.399. The van der Waals surface area contributed by atoms with Crippen molar-refractivity contribution in [1.29, 1.82) is 0 Å². The van der Waals surface area contributed by atoms with Crippen LogP contribution in [-0.4, -0.2) is 57.1 Å². The fourth-order valence-corrected chi connectivity index (χ4v) is 10.9. The van der Waals surface area contributed by atoms with E-state index < -0.39 is 43.5 Å². The van der Waals surface area contributed by atoms with E-state index in [1.54, 1.807) is 6.92 Å². The average Bonchev–Trinajstić information content (AvgIpc) is 3.12. The summed E-state index contributed by atoms with van der Waals surface area (Å²) in [7, 11) is -1.71. The van der Waals surface area contributed by atoms with Gasteiger partial charge in [0.05, 0.1) is 12.7 Å². The SMILES string of the molecule is COC(=O)[C@H]1C(=O)C[C@]2(C(C)C)C[C@@H](OC(=O)CO[Si](c3ccccc3)(c3ccccc3)C(C)(C)C)[C@@]1(C)O2. The number of esters is 2. The van der Waals surface area contributed by atoms with Crippen LogP contribution < -0.4 is 10.4 Å². The van der Waals surface area contributed by atoms with Crippen LogP contribution in [0.25, 0.3) is 0 Å². The van der Waals surface area contributed by atoms with Crippen molar-refractivity contribution in [1.82, 2.24) is 0 Å². The van der Waals surface area contributed by atoms with Gasteiger partial charge >= 0.3 is 11.9 Å². The first kappa shape index (κ1) is 29.2. The van der Waals surface area contributed by atoms with E-state index >= 15 is 0 Å². The molecule has 210 valence electrons. The molecule has 4 atom stereocenters. The van der Waals surface area contributed by atoms with Crippen LogP contribution in [0.2, 0.25) is 5.04 Å². The highest BCUT2D eigenvalue weighted by Crippen LogP contribution is 2.54. The molecule has 2 fully saturated rings. The van der Waals surface area contributed by atoms with Crippen LogP contribution in [0.3, 0.4) is 0 Å². The summed E-state index contributed by atoms with van der Waals surface area (Å²) in [4.78, 5) is 39.3. The largest absolute Gasteiger partial charge is 0.468 e. The van der Waals surface area contributed by atoms with Gasteiger partial charge in [0, 0.05) is 12.8 Å². The summed E-state index contributed by atoms with van der Waals surface area (Å²) in [5.41, 5.74) is -2.13. The third kappa shape index (κ3) is 4.98. The van der Waals surface area contributed by atoms with Crippen molar-refractivity contribution < 1.29 is 33.0 Å². The summed E-state index contributed by atoms with van der Waals surface area (Å²) in [6, 6.07) is 20.1. The van der Waals surface area contributed by atoms with Crippen LogP contribution in [-0.2, 0) is 33.0 Å². The van der Waals surface area contributed by atoms with E-state index in [9.17, 15) is 14.4 Å². The maximum atomic E-state index is 13.5. The standard InChI is InChI=1S/C31H40O7Si/c1-21(2)31-18-24(32)27(28(34)35-7)30(6,38-31)25(19-31)37-26(33)20-36-39(29(3,4)5,22-14-10-8-11-15-22)23-16-12-9-13-17-23/h8-17,21,25,27H,18-20H2,1-7H3/t25-,27-,30-,31-/m1/s1. The zero-order valence-electron chi connectivity index (χ0n) is 24.0. The van der Waals surface area contributed by atoms with Gasteiger partial charge in [-0.1, -0.05) is 95.3 Å². The number of benzene rings is 2. The second-order valence-electron chi connectivity index (χ2n) is 12.2. The van der Waals surface area contributed by atoms with E-state index in [4.69, 9.17) is 18.6 Å². The van der Waals surface area contributed by atoms with E-state index in [-0.39, 0.29) is 29.8 Å². The molecule has 2 aromatic rings. The van der Waals surface area contributed by atoms with Crippen LogP contribution in [0.5, 0.6) is 0 Å². The molecule has 2 aliphatic rings. The van der Waals surface area contributed by atoms with E-state index in [1.807, 2.05) is 50.2 Å². The number of hydrogen-bond acceptors (Lipinski definition) is 7. The van der Waals surface area contributed by atoms with Gasteiger partial charge in [0.1, 0.15) is 24.2 Å². The highest BCUT2D eigenvalue weighted by atomic mass is 28.4. The highest BCUT2D eigenvalue weighted by molar-refractivity contribution is 6.99. The van der Waals surface area contributed by atoms with Gasteiger partial charge in [0.2, 0.25) is 0 Å². The van der Waals surface area contributed by atoms with E-state index in [2.05, 4.69) is 45.0 Å². The molecule has 2 heterocycles. The van der Waals surface area contributed by atoms with Gasteiger partial charge in [-0.3, -0.25) is 9.59 Å². The Hall–Kier alpha value is -2.81. The second-order valence-corrected chi connectivity index (χ2v) is 16.5. The van der Waals surface area contributed by atoms with Crippen LogP contribution in [0.15, 0.2) is 60.7 Å². The van der Waals surface area contributed by atoms with Crippen molar-refractivity contribution >= 4 is 36.4 Å². The van der Waals surface area contributed by atoms with Crippen LogP contribution in [0.4, 0.5) is 0 Å². The average molecular weight is 553 g/mol. The number of Topliss-reactive ketones (excluding diaryl/α,β-unsaturated/α-hetero) is 1. The van der Waals surface area contributed by atoms with Gasteiger partial charge in [0.15, 0.2) is 5.78 Å². The third-order valence-electron chi connectivity index (χ3n) is 8.55. The van der Waals surface area contributed by atoms with Gasteiger partial charge in [0.25, 0.3) is 8.32 Å². The smallest absolute Gasteiger partial charge is 0.331 e. The maximum absolute atomic E-state index is 13.5. The Morgan fingerprint density at radius 1 is 1.03 bits per heavy atom. The Kier molecular flexibility index (Phi) is 7.96. The number of rotatable bonds is 8. The Morgan fingerprint density at radius 2 is 1.56 bits per heavy atom. The summed E-state index contributed by atoms with van der Waals surface area (Å²) < 4.78 is 24.2. The van der Waals surface area contributed by atoms with Gasteiger partial charge in [-0.2, -0.15) is 0 Å². The molecule has 2 aliphatic heterocycles. The molecule has 2 saturated heterocycles. The predicted octanol–water partition coefficient (Wildman–Crippen LogP) is 3.81. The van der Waals surface area contributed by atoms with Crippen molar-refractivity contribution in [2.45, 2.75) is 76.7 Å². The molecule has 7 nitrogen and oxygen atoms in total. The topological polar surface area (TPSA) is 88.1 Å². The van der Waals surface area contributed by atoms with Crippen LogP contribution >= 0.6 is 0 Å². The summed E-state index contributed by atoms with van der Waals surface area (Å²) >= 11 is 0. The third-order valence-corrected chi connectivity index (χ3v) is 13.5. The predicted molar refractivity (Wildman–Crippen MR) is 150 cm³/mol. The first-order valence-corrected chi connectivity index (χ1v) is 15.5. The lowest BCUT2D eigenvalue weighted by atomic mass is 9.78. The number of carbonyl (C=O) groups is 3. The summed E-state index contributed by atoms with van der Waals surface area (Å²) in [5.74, 6) is -2.65. The molecule has 0 spiro atoms. The fourth-order valence-electron chi connectivity index (χ4n) is 6.45. The van der Waals surface area contributed by atoms with Gasteiger partial charge in [-0.15, -0.1) is 0 Å². The molecular formula is C31H40O7Si. The molecule has 2 bridgehead atoms. The van der Waals surface area contributed by atoms with Crippen molar-refractivity contribution in [2.24, 2.45) is 11.8 Å². The molecule has 0 N–H and O–H groups in total. The Bertz CT molecular complexity index is 1170. The lowest BCUT2D eigenvalue weighted by molar-refractivity contribution is -0.207. The fraction of sp³-hybridized carbons (Fsp3) is 0.516. The van der Waals surface area contributed by atoms with Crippen molar-refractivity contribution in [3.05, 3.63) is 60.7 Å². The summed E-state index contributed by atoms with van der Waals surface area (Å²) in [6.45, 7) is 11.8. The Morgan fingerprint density at radius 3 is 2.03 bits per heavy atom. The number of fused-ring (bicyclic) bond motifs is 2. The monoisotopic (exact) mass is 552 g/mol. The zero-order valence-corrected chi connectivity index (χ0v) is 25.0. The number of ketones is 1. The van der Waals surface area contributed by atoms with E-state index in [0.29, 0.717) is 6.42 Å². The second kappa shape index (κ2) is 10.6. The van der Waals surface area contributed by atoms with Gasteiger partial charge in [-0.25, -0.2) is 4.79 Å². The molecular weight excluding hydrogens is 512 g/mol. The molecule has 0 saturated carbocycles. The minimum Gasteiger partial charge on any atom is -0.468 e. The van der Waals surface area contributed by atoms with E-state index in [0.717, 1.165) is 10.4 Å². The molecule has 0 amide bonds. The first-order chi connectivity index (χ1) is 18.3. The zero-order chi connectivity index (χ0) is 28.6. The molecule has 0 aromatic heterocycles. The molecule has 39 heavy (non-hydrogen) atoms. The highest BCUT2D eigenvalue weighted by Gasteiger charge is 2.68. The Labute approximate surface area is 232 Å². The quantitative estimate of drug-likeness (QED) is 0.280. The Balaban J connectivity index is 1.64. The minimum atomic E-state index is -2.95. The number of hydrogen-bond donors (Lipinski definition) is 0. The van der Waals surface area contributed by atoms with E-state index in [1.165, 1.54) is 7.11 Å². The minimum absolute atomic E-state index is 0.0172. The lowest BCUT2D eigenvalue weighted by Crippen LogP contribution is -2.67. The van der Waals surface area contributed by atoms with Crippen LogP contribution in [0, 0.1) is 11.8 Å². The van der Waals surface area contributed by atoms with Crippen molar-refractivity contribution in [3.63, 3.8) is 0 Å². The molecule has 8 heteroatoms.